The van der Waals surface area contributed by atoms with E-state index in [0.29, 0.717) is 0 Å². The SMILES string of the molecule is C(=Cc1ccccc1C=C1c2ccccc2-c2ccccc2-c2ccccc21)c1ccccc1C=Cc1ccccc1C=C1c2ccccc2-c2ccccc2-c2ccccc21. The smallest absolute Gasteiger partial charge is 0.00928 e. The molecule has 0 nitrogen and oxygen atoms in total. The molecule has 0 aromatic heterocycles. The number of hydrogen-bond acceptors (Lipinski definition) is 0. The minimum Gasteiger partial charge on any atom is -0.0616 e. The van der Waals surface area contributed by atoms with E-state index in [1.165, 1.54) is 100 Å². The monoisotopic (exact) mass is 786 g/mol. The number of hydrogen-bond donors (Lipinski definition) is 0. The predicted octanol–water partition coefficient (Wildman–Crippen LogP) is 16.5. The van der Waals surface area contributed by atoms with E-state index < -0.39 is 0 Å². The Hall–Kier alpha value is -8.06. The van der Waals surface area contributed by atoms with Crippen LogP contribution in [0.25, 0.3) is 92.1 Å². The van der Waals surface area contributed by atoms with Gasteiger partial charge in [-0.05, 0) is 123 Å². The van der Waals surface area contributed by atoms with E-state index in [2.05, 4.69) is 255 Å². The van der Waals surface area contributed by atoms with Gasteiger partial charge in [-0.2, -0.15) is 0 Å². The summed E-state index contributed by atoms with van der Waals surface area (Å²) in [6.45, 7) is 0. The van der Waals surface area contributed by atoms with Crippen LogP contribution in [-0.4, -0.2) is 0 Å². The Morgan fingerprint density at radius 3 is 0.565 bits per heavy atom. The molecule has 2 aliphatic rings. The Kier molecular flexibility index (Phi) is 9.65. The van der Waals surface area contributed by atoms with Gasteiger partial charge in [0.1, 0.15) is 0 Å². The van der Waals surface area contributed by atoms with Crippen molar-refractivity contribution in [2.45, 2.75) is 0 Å². The Morgan fingerprint density at radius 2 is 0.323 bits per heavy atom. The van der Waals surface area contributed by atoms with E-state index in [1.54, 1.807) is 0 Å². The molecule has 0 saturated heterocycles. The van der Waals surface area contributed by atoms with Gasteiger partial charge in [-0.1, -0.05) is 243 Å². The summed E-state index contributed by atoms with van der Waals surface area (Å²) in [5.74, 6) is 0. The lowest BCUT2D eigenvalue weighted by Gasteiger charge is -2.13. The van der Waals surface area contributed by atoms with Gasteiger partial charge in [-0.15, -0.1) is 0 Å². The van der Waals surface area contributed by atoms with Gasteiger partial charge in [0.25, 0.3) is 0 Å². The van der Waals surface area contributed by atoms with Gasteiger partial charge in [0.2, 0.25) is 0 Å². The molecule has 0 heterocycles. The first-order valence-electron chi connectivity index (χ1n) is 21.4. The number of fused-ring (bicyclic) bond motifs is 10. The summed E-state index contributed by atoms with van der Waals surface area (Å²) in [4.78, 5) is 0. The summed E-state index contributed by atoms with van der Waals surface area (Å²) in [5, 5.41) is 0. The highest BCUT2D eigenvalue weighted by molar-refractivity contribution is 6.08. The Labute approximate surface area is 364 Å². The minimum atomic E-state index is 1.16. The normalized spacial score (nSPS) is 12.3. The van der Waals surface area contributed by atoms with Crippen LogP contribution in [0.2, 0.25) is 0 Å². The topological polar surface area (TPSA) is 0 Å². The maximum absolute atomic E-state index is 2.38. The summed E-state index contributed by atoms with van der Waals surface area (Å²) in [6.07, 6.45) is 13.8. The van der Waals surface area contributed by atoms with Crippen molar-refractivity contribution in [3.63, 3.8) is 0 Å². The molecule has 9 aromatic carbocycles. The van der Waals surface area contributed by atoms with Crippen LogP contribution in [0.1, 0.15) is 55.6 Å². The third kappa shape index (κ3) is 6.79. The zero-order chi connectivity index (χ0) is 41.2. The average Bonchev–Trinajstić information content (AvgIpc) is 3.53. The molecule has 0 fully saturated rings. The standard InChI is InChI=1S/C62H42/c1-2-20-44(38-40-46-22-4-6-24-48(46)42-62-59-35-17-13-31-55(59)51-27-9-10-28-52(51)56-32-14-18-36-60(56)62)43(19-1)37-39-45-21-3-5-23-47(45)41-61-57-33-15-11-29-53(57)49-25-7-8-26-50(49)54-30-12-16-34-58(54)61/h1-42H. The molecule has 0 radical (unpaired) electrons. The lowest BCUT2D eigenvalue weighted by molar-refractivity contribution is 1.56. The van der Waals surface area contributed by atoms with Crippen molar-refractivity contribution in [1.82, 2.24) is 0 Å². The van der Waals surface area contributed by atoms with Crippen molar-refractivity contribution < 1.29 is 0 Å². The zero-order valence-electron chi connectivity index (χ0n) is 34.2. The first-order chi connectivity index (χ1) is 30.8. The molecule has 0 N–H and O–H groups in total. The van der Waals surface area contributed by atoms with Crippen LogP contribution in [0, 0.1) is 0 Å². The van der Waals surface area contributed by atoms with Gasteiger partial charge in [-0.25, -0.2) is 0 Å². The Balaban J connectivity index is 0.957. The molecule has 0 atom stereocenters. The molecule has 0 bridgehead atoms. The van der Waals surface area contributed by atoms with Crippen molar-refractivity contribution in [2.75, 3.05) is 0 Å². The highest BCUT2D eigenvalue weighted by Gasteiger charge is 2.24. The second-order valence-electron chi connectivity index (χ2n) is 15.9. The first kappa shape index (κ1) is 37.0. The first-order valence-corrected chi connectivity index (χ1v) is 21.4. The van der Waals surface area contributed by atoms with Crippen LogP contribution in [0.5, 0.6) is 0 Å². The maximum atomic E-state index is 2.38. The van der Waals surface area contributed by atoms with E-state index in [1.807, 2.05) is 0 Å². The second-order valence-corrected chi connectivity index (χ2v) is 15.9. The van der Waals surface area contributed by atoms with Gasteiger partial charge in [-0.3, -0.25) is 0 Å². The third-order valence-electron chi connectivity index (χ3n) is 12.4. The van der Waals surface area contributed by atoms with E-state index >= 15 is 0 Å². The molecule has 0 spiro atoms. The molecule has 0 heteroatoms. The molecular formula is C62H42. The highest BCUT2D eigenvalue weighted by atomic mass is 14.3. The Morgan fingerprint density at radius 1 is 0.161 bits per heavy atom. The fourth-order valence-corrected chi connectivity index (χ4v) is 9.39. The molecule has 9 aromatic rings. The molecule has 62 heavy (non-hydrogen) atoms. The number of rotatable bonds is 6. The largest absolute Gasteiger partial charge is 0.0616 e. The van der Waals surface area contributed by atoms with Crippen LogP contribution < -0.4 is 0 Å². The number of benzene rings is 9. The Bertz CT molecular complexity index is 2930. The van der Waals surface area contributed by atoms with E-state index in [9.17, 15) is 0 Å². The summed E-state index contributed by atoms with van der Waals surface area (Å²) in [7, 11) is 0. The van der Waals surface area contributed by atoms with Crippen LogP contribution in [0.4, 0.5) is 0 Å². The van der Waals surface area contributed by atoms with E-state index in [0.717, 1.165) is 11.1 Å². The van der Waals surface area contributed by atoms with Crippen molar-refractivity contribution in [3.8, 4) is 44.5 Å². The summed E-state index contributed by atoms with van der Waals surface area (Å²) in [6, 6.07) is 79.0. The third-order valence-corrected chi connectivity index (χ3v) is 12.4. The minimum absolute atomic E-state index is 1.16. The second kappa shape index (κ2) is 16.2. The molecule has 0 aliphatic heterocycles. The molecule has 2 aliphatic carbocycles. The van der Waals surface area contributed by atoms with Gasteiger partial charge < -0.3 is 0 Å². The van der Waals surface area contributed by atoms with E-state index in [4.69, 9.17) is 0 Å². The maximum Gasteiger partial charge on any atom is -0.00928 e. The fourth-order valence-electron chi connectivity index (χ4n) is 9.39. The van der Waals surface area contributed by atoms with Gasteiger partial charge in [0, 0.05) is 0 Å². The van der Waals surface area contributed by atoms with Crippen molar-refractivity contribution in [3.05, 3.63) is 274 Å². The zero-order valence-corrected chi connectivity index (χ0v) is 34.2. The highest BCUT2D eigenvalue weighted by Crippen LogP contribution is 2.47. The van der Waals surface area contributed by atoms with Crippen LogP contribution in [-0.2, 0) is 0 Å². The van der Waals surface area contributed by atoms with Gasteiger partial charge in [0.05, 0.1) is 0 Å². The molecule has 11 rings (SSSR count). The summed E-state index contributed by atoms with van der Waals surface area (Å²) >= 11 is 0. The average molecular weight is 787 g/mol. The molecule has 0 saturated carbocycles. The van der Waals surface area contributed by atoms with E-state index in [-0.39, 0.29) is 0 Å². The van der Waals surface area contributed by atoms with Crippen molar-refractivity contribution in [2.24, 2.45) is 0 Å². The van der Waals surface area contributed by atoms with Crippen molar-refractivity contribution >= 4 is 47.6 Å². The molecule has 290 valence electrons. The van der Waals surface area contributed by atoms with Crippen LogP contribution >= 0.6 is 0 Å². The fraction of sp³-hybridized carbons (Fsp3) is 0. The lowest BCUT2D eigenvalue weighted by Crippen LogP contribution is -1.92. The molecule has 0 unspecified atom stereocenters. The predicted molar refractivity (Wildman–Crippen MR) is 266 cm³/mol. The van der Waals surface area contributed by atoms with Gasteiger partial charge >= 0.3 is 0 Å². The van der Waals surface area contributed by atoms with Crippen LogP contribution in [0.15, 0.2) is 218 Å². The van der Waals surface area contributed by atoms with Crippen LogP contribution in [0.3, 0.4) is 0 Å². The lowest BCUT2D eigenvalue weighted by atomic mass is 9.90. The summed E-state index contributed by atoms with van der Waals surface area (Å²) < 4.78 is 0. The molecular weight excluding hydrogens is 745 g/mol. The molecule has 0 amide bonds. The van der Waals surface area contributed by atoms with Gasteiger partial charge in [0.15, 0.2) is 0 Å². The summed E-state index contributed by atoms with van der Waals surface area (Å²) in [5.41, 5.74) is 24.5. The van der Waals surface area contributed by atoms with Crippen molar-refractivity contribution in [1.29, 1.82) is 0 Å². The quantitative estimate of drug-likeness (QED) is 0.147.